The Labute approximate surface area is 162 Å². The number of hydrogen-bond donors (Lipinski definition) is 1. The van der Waals surface area contributed by atoms with Gasteiger partial charge in [0, 0.05) is 11.6 Å². The van der Waals surface area contributed by atoms with E-state index in [0.29, 0.717) is 18.1 Å². The van der Waals surface area contributed by atoms with Crippen LogP contribution in [0.3, 0.4) is 0 Å². The van der Waals surface area contributed by atoms with Crippen LogP contribution < -0.4 is 0 Å². The highest BCUT2D eigenvalue weighted by molar-refractivity contribution is 5.97. The predicted octanol–water partition coefficient (Wildman–Crippen LogP) is 4.70. The molecule has 3 rings (SSSR count). The minimum absolute atomic E-state index is 0.150. The molecule has 0 fully saturated rings. The third-order valence-corrected chi connectivity index (χ3v) is 4.91. The van der Waals surface area contributed by atoms with Gasteiger partial charge >= 0.3 is 0 Å². The highest BCUT2D eigenvalue weighted by Gasteiger charge is 2.29. The Bertz CT molecular complexity index is 807. The Morgan fingerprint density at radius 1 is 1.11 bits per heavy atom. The smallest absolute Gasteiger partial charge is 0.242 e. The average Bonchev–Trinajstić information content (AvgIpc) is 2.62. The van der Waals surface area contributed by atoms with Gasteiger partial charge < -0.3 is 9.84 Å². The van der Waals surface area contributed by atoms with Crippen molar-refractivity contribution in [1.82, 2.24) is 5.01 Å². The molecule has 27 heavy (non-hydrogen) atoms. The molecule has 0 saturated carbocycles. The fourth-order valence-corrected chi connectivity index (χ4v) is 3.50. The SMILES string of the molecule is CC(C)N1N=C(c2cccc(C(C)(C)C)c2O)OC[C@@H]1Cc1ccccc1. The van der Waals surface area contributed by atoms with E-state index in [0.717, 1.165) is 12.0 Å². The van der Waals surface area contributed by atoms with E-state index in [-0.39, 0.29) is 23.2 Å². The van der Waals surface area contributed by atoms with Crippen molar-refractivity contribution in [2.24, 2.45) is 5.10 Å². The number of phenols is 1. The zero-order valence-corrected chi connectivity index (χ0v) is 16.9. The lowest BCUT2D eigenvalue weighted by Gasteiger charge is -2.37. The van der Waals surface area contributed by atoms with E-state index in [1.165, 1.54) is 5.56 Å². The van der Waals surface area contributed by atoms with E-state index >= 15 is 0 Å². The minimum atomic E-state index is -0.150. The fraction of sp³-hybridized carbons (Fsp3) is 0.435. The zero-order chi connectivity index (χ0) is 19.6. The molecule has 1 aliphatic heterocycles. The van der Waals surface area contributed by atoms with Crippen molar-refractivity contribution < 1.29 is 9.84 Å². The first-order valence-electron chi connectivity index (χ1n) is 9.64. The maximum absolute atomic E-state index is 10.8. The summed E-state index contributed by atoms with van der Waals surface area (Å²) < 4.78 is 6.03. The molecule has 0 aromatic heterocycles. The van der Waals surface area contributed by atoms with E-state index in [2.05, 4.69) is 63.9 Å². The highest BCUT2D eigenvalue weighted by atomic mass is 16.5. The van der Waals surface area contributed by atoms with Crippen LogP contribution in [-0.2, 0) is 16.6 Å². The number of ether oxygens (including phenoxy) is 1. The van der Waals surface area contributed by atoms with Gasteiger partial charge in [-0.15, -0.1) is 5.10 Å². The largest absolute Gasteiger partial charge is 0.507 e. The van der Waals surface area contributed by atoms with Crippen LogP contribution in [0.2, 0.25) is 0 Å². The maximum atomic E-state index is 10.8. The van der Waals surface area contributed by atoms with E-state index in [1.807, 2.05) is 24.3 Å². The monoisotopic (exact) mass is 366 g/mol. The molecule has 1 N–H and O–H groups in total. The van der Waals surface area contributed by atoms with Gasteiger partial charge in [-0.05, 0) is 37.3 Å². The second-order valence-corrected chi connectivity index (χ2v) is 8.49. The normalized spacial score (nSPS) is 17.6. The number of hydrogen-bond acceptors (Lipinski definition) is 4. The molecule has 1 heterocycles. The Hall–Kier alpha value is -2.49. The van der Waals surface area contributed by atoms with Gasteiger partial charge in [0.05, 0.1) is 11.6 Å². The second-order valence-electron chi connectivity index (χ2n) is 8.49. The summed E-state index contributed by atoms with van der Waals surface area (Å²) in [6.45, 7) is 11.1. The Balaban J connectivity index is 1.91. The van der Waals surface area contributed by atoms with Crippen LogP contribution >= 0.6 is 0 Å². The Kier molecular flexibility index (Phi) is 5.45. The first-order chi connectivity index (χ1) is 12.8. The standard InChI is InChI=1S/C23H30N2O2/c1-16(2)25-18(14-17-10-7-6-8-11-17)15-27-22(24-25)19-12-9-13-20(21(19)26)23(3,4)5/h6-13,16,18,26H,14-15H2,1-5H3/t18-/m0/s1. The van der Waals surface area contributed by atoms with Gasteiger partial charge in [-0.3, -0.25) is 5.01 Å². The molecule has 0 bridgehead atoms. The van der Waals surface area contributed by atoms with Crippen molar-refractivity contribution in [3.8, 4) is 5.75 Å². The maximum Gasteiger partial charge on any atom is 0.242 e. The minimum Gasteiger partial charge on any atom is -0.507 e. The van der Waals surface area contributed by atoms with Crippen LogP contribution in [0.15, 0.2) is 53.6 Å². The van der Waals surface area contributed by atoms with Crippen molar-refractivity contribution in [3.63, 3.8) is 0 Å². The summed E-state index contributed by atoms with van der Waals surface area (Å²) in [6.07, 6.45) is 0.879. The number of hydrazone groups is 1. The number of benzene rings is 2. The Morgan fingerprint density at radius 2 is 1.81 bits per heavy atom. The molecule has 0 aliphatic carbocycles. The summed E-state index contributed by atoms with van der Waals surface area (Å²) in [6, 6.07) is 16.6. The molecular formula is C23H30N2O2. The number of rotatable bonds is 4. The third-order valence-electron chi connectivity index (χ3n) is 4.91. The van der Waals surface area contributed by atoms with Crippen LogP contribution in [0.25, 0.3) is 0 Å². The molecule has 0 saturated heterocycles. The van der Waals surface area contributed by atoms with Gasteiger partial charge in [0.25, 0.3) is 0 Å². The number of para-hydroxylation sites is 1. The molecule has 0 unspecified atom stereocenters. The summed E-state index contributed by atoms with van der Waals surface area (Å²) >= 11 is 0. The quantitative estimate of drug-likeness (QED) is 0.853. The van der Waals surface area contributed by atoms with Gasteiger partial charge in [0.15, 0.2) is 0 Å². The molecule has 2 aromatic rings. The highest BCUT2D eigenvalue weighted by Crippen LogP contribution is 2.34. The van der Waals surface area contributed by atoms with Crippen molar-refractivity contribution in [2.75, 3.05) is 6.61 Å². The van der Waals surface area contributed by atoms with Crippen LogP contribution in [0, 0.1) is 0 Å². The van der Waals surface area contributed by atoms with Crippen molar-refractivity contribution in [2.45, 2.75) is 58.5 Å². The summed E-state index contributed by atoms with van der Waals surface area (Å²) in [5, 5.41) is 17.7. The summed E-state index contributed by atoms with van der Waals surface area (Å²) in [7, 11) is 0. The lowest BCUT2D eigenvalue weighted by atomic mass is 9.85. The van der Waals surface area contributed by atoms with Gasteiger partial charge in [-0.25, -0.2) is 0 Å². The molecule has 0 amide bonds. The van der Waals surface area contributed by atoms with Crippen LogP contribution in [0.5, 0.6) is 5.75 Å². The van der Waals surface area contributed by atoms with E-state index in [9.17, 15) is 5.11 Å². The lowest BCUT2D eigenvalue weighted by Crippen LogP contribution is -2.45. The van der Waals surface area contributed by atoms with Crippen LogP contribution in [0.4, 0.5) is 0 Å². The van der Waals surface area contributed by atoms with Gasteiger partial charge in [-0.1, -0.05) is 63.2 Å². The molecule has 2 aromatic carbocycles. The summed E-state index contributed by atoms with van der Waals surface area (Å²) in [5.41, 5.74) is 2.68. The molecule has 144 valence electrons. The average molecular weight is 367 g/mol. The summed E-state index contributed by atoms with van der Waals surface area (Å²) in [4.78, 5) is 0. The van der Waals surface area contributed by atoms with Crippen molar-refractivity contribution in [1.29, 1.82) is 0 Å². The molecule has 1 atom stereocenters. The molecule has 0 spiro atoms. The second kappa shape index (κ2) is 7.63. The fourth-order valence-electron chi connectivity index (χ4n) is 3.50. The van der Waals surface area contributed by atoms with Gasteiger partial charge in [0.2, 0.25) is 5.90 Å². The molecule has 4 heteroatoms. The summed E-state index contributed by atoms with van der Waals surface area (Å²) in [5.74, 6) is 0.755. The van der Waals surface area contributed by atoms with Crippen molar-refractivity contribution in [3.05, 3.63) is 65.2 Å². The number of phenolic OH excluding ortho intramolecular Hbond substituents is 1. The topological polar surface area (TPSA) is 45.1 Å². The lowest BCUT2D eigenvalue weighted by molar-refractivity contribution is 0.0724. The zero-order valence-electron chi connectivity index (χ0n) is 16.9. The van der Waals surface area contributed by atoms with Crippen molar-refractivity contribution >= 4 is 5.90 Å². The van der Waals surface area contributed by atoms with E-state index < -0.39 is 0 Å². The molecular weight excluding hydrogens is 336 g/mol. The first-order valence-corrected chi connectivity index (χ1v) is 9.64. The van der Waals surface area contributed by atoms with Crippen LogP contribution in [0.1, 0.15) is 51.3 Å². The molecule has 1 aliphatic rings. The van der Waals surface area contributed by atoms with Gasteiger partial charge in [-0.2, -0.15) is 0 Å². The van der Waals surface area contributed by atoms with E-state index in [4.69, 9.17) is 9.84 Å². The number of aromatic hydroxyl groups is 1. The van der Waals surface area contributed by atoms with Crippen LogP contribution in [-0.4, -0.2) is 34.7 Å². The molecule has 4 nitrogen and oxygen atoms in total. The predicted molar refractivity (Wildman–Crippen MR) is 110 cm³/mol. The third kappa shape index (κ3) is 4.26. The number of nitrogens with zero attached hydrogens (tertiary/aromatic N) is 2. The van der Waals surface area contributed by atoms with E-state index in [1.54, 1.807) is 0 Å². The Morgan fingerprint density at radius 3 is 2.44 bits per heavy atom. The molecule has 0 radical (unpaired) electrons. The van der Waals surface area contributed by atoms with Gasteiger partial charge in [0.1, 0.15) is 12.4 Å². The first kappa shape index (κ1) is 19.3.